The summed E-state index contributed by atoms with van der Waals surface area (Å²) in [5.74, 6) is 0.859. The number of ether oxygens (including phenoxy) is 1. The van der Waals surface area contributed by atoms with Crippen molar-refractivity contribution in [2.45, 2.75) is 0 Å². The van der Waals surface area contributed by atoms with E-state index in [4.69, 9.17) is 4.74 Å². The molecule has 0 amide bonds. The number of imidazole rings is 1. The number of hydrogen-bond acceptors (Lipinski definition) is 2. The topological polar surface area (TPSA) is 27.1 Å². The molecule has 19 heavy (non-hydrogen) atoms. The van der Waals surface area contributed by atoms with Crippen molar-refractivity contribution in [3.63, 3.8) is 0 Å². The van der Waals surface area contributed by atoms with Crippen molar-refractivity contribution < 1.29 is 4.74 Å². The van der Waals surface area contributed by atoms with Gasteiger partial charge in [-0.25, -0.2) is 4.98 Å². The molecule has 3 heteroatoms. The number of benzene rings is 2. The second kappa shape index (κ2) is 4.98. The molecule has 0 spiro atoms. The fourth-order valence-electron chi connectivity index (χ4n) is 2.14. The van der Waals surface area contributed by atoms with E-state index in [1.807, 2.05) is 41.1 Å². The first-order valence-corrected chi connectivity index (χ1v) is 6.10. The molecule has 0 fully saturated rings. The maximum atomic E-state index is 5.29. The Labute approximate surface area is 112 Å². The van der Waals surface area contributed by atoms with Crippen LogP contribution in [-0.2, 0) is 0 Å². The summed E-state index contributed by atoms with van der Waals surface area (Å²) in [5.41, 5.74) is 3.39. The summed E-state index contributed by atoms with van der Waals surface area (Å²) < 4.78 is 7.30. The molecule has 0 atom stereocenters. The first-order chi connectivity index (χ1) is 9.38. The van der Waals surface area contributed by atoms with Crippen LogP contribution in [0.3, 0.4) is 0 Å². The summed E-state index contributed by atoms with van der Waals surface area (Å²) >= 11 is 0. The summed E-state index contributed by atoms with van der Waals surface area (Å²) in [4.78, 5) is 4.11. The van der Waals surface area contributed by atoms with Crippen molar-refractivity contribution in [2.75, 3.05) is 7.11 Å². The fraction of sp³-hybridized carbons (Fsp3) is 0.0625. The van der Waals surface area contributed by atoms with Gasteiger partial charge in [-0.05, 0) is 23.8 Å². The lowest BCUT2D eigenvalue weighted by molar-refractivity contribution is 0.415. The molecule has 0 N–H and O–H groups in total. The second-order valence-electron chi connectivity index (χ2n) is 4.22. The first-order valence-electron chi connectivity index (χ1n) is 6.10. The van der Waals surface area contributed by atoms with E-state index in [-0.39, 0.29) is 0 Å². The SMILES string of the molecule is COc1cccc(-c2ccccc2-n2ccnc2)c1. The molecule has 0 unspecified atom stereocenters. The van der Waals surface area contributed by atoms with E-state index in [1.54, 1.807) is 19.6 Å². The molecule has 0 aliphatic heterocycles. The van der Waals surface area contributed by atoms with Crippen LogP contribution < -0.4 is 4.74 Å². The zero-order valence-electron chi connectivity index (χ0n) is 10.7. The quantitative estimate of drug-likeness (QED) is 0.710. The average Bonchev–Trinajstić information content (AvgIpc) is 3.01. The van der Waals surface area contributed by atoms with E-state index in [9.17, 15) is 0 Å². The number of methoxy groups -OCH3 is 1. The van der Waals surface area contributed by atoms with Crippen LogP contribution >= 0.6 is 0 Å². The van der Waals surface area contributed by atoms with Gasteiger partial charge in [-0.1, -0.05) is 30.3 Å². The van der Waals surface area contributed by atoms with E-state index < -0.39 is 0 Å². The first kappa shape index (κ1) is 11.5. The molecule has 0 bridgehead atoms. The second-order valence-corrected chi connectivity index (χ2v) is 4.22. The van der Waals surface area contributed by atoms with Crippen LogP contribution in [0.5, 0.6) is 5.75 Å². The van der Waals surface area contributed by atoms with Gasteiger partial charge in [-0.15, -0.1) is 0 Å². The molecule has 1 aromatic heterocycles. The Morgan fingerprint density at radius 2 is 1.95 bits per heavy atom. The van der Waals surface area contributed by atoms with Crippen molar-refractivity contribution in [1.82, 2.24) is 9.55 Å². The van der Waals surface area contributed by atoms with Gasteiger partial charge in [0.15, 0.2) is 0 Å². The van der Waals surface area contributed by atoms with Crippen LogP contribution in [0.1, 0.15) is 0 Å². The van der Waals surface area contributed by atoms with Crippen LogP contribution in [0.4, 0.5) is 0 Å². The van der Waals surface area contributed by atoms with Crippen molar-refractivity contribution in [3.8, 4) is 22.6 Å². The summed E-state index contributed by atoms with van der Waals surface area (Å²) in [7, 11) is 1.68. The van der Waals surface area contributed by atoms with Gasteiger partial charge in [0.05, 0.1) is 19.1 Å². The lowest BCUT2D eigenvalue weighted by Gasteiger charge is -2.11. The minimum Gasteiger partial charge on any atom is -0.497 e. The Morgan fingerprint density at radius 1 is 1.05 bits per heavy atom. The number of para-hydroxylation sites is 1. The molecule has 2 aromatic carbocycles. The van der Waals surface area contributed by atoms with Crippen LogP contribution in [0.15, 0.2) is 67.3 Å². The zero-order valence-corrected chi connectivity index (χ0v) is 10.7. The van der Waals surface area contributed by atoms with E-state index in [1.165, 1.54) is 0 Å². The van der Waals surface area contributed by atoms with Crippen molar-refractivity contribution >= 4 is 0 Å². The van der Waals surface area contributed by atoms with E-state index >= 15 is 0 Å². The van der Waals surface area contributed by atoms with Crippen molar-refractivity contribution in [3.05, 3.63) is 67.3 Å². The number of nitrogens with zero attached hydrogens (tertiary/aromatic N) is 2. The third-order valence-corrected chi connectivity index (χ3v) is 3.07. The average molecular weight is 250 g/mol. The van der Waals surface area contributed by atoms with Gasteiger partial charge < -0.3 is 9.30 Å². The molecule has 0 aliphatic carbocycles. The lowest BCUT2D eigenvalue weighted by Crippen LogP contribution is -1.94. The maximum absolute atomic E-state index is 5.29. The van der Waals surface area contributed by atoms with Crippen molar-refractivity contribution in [1.29, 1.82) is 0 Å². The molecular formula is C16H14N2O. The standard InChI is InChI=1S/C16H14N2O/c1-19-14-6-4-5-13(11-14)15-7-2-3-8-16(15)18-10-9-17-12-18/h2-12H,1H3. The van der Waals surface area contributed by atoms with Crippen molar-refractivity contribution in [2.24, 2.45) is 0 Å². The molecule has 0 saturated heterocycles. The lowest BCUT2D eigenvalue weighted by atomic mass is 10.0. The molecule has 1 heterocycles. The third kappa shape index (κ3) is 2.22. The predicted molar refractivity (Wildman–Crippen MR) is 75.6 cm³/mol. The molecule has 0 saturated carbocycles. The molecule has 0 aliphatic rings. The monoisotopic (exact) mass is 250 g/mol. The molecule has 3 rings (SSSR count). The van der Waals surface area contributed by atoms with Crippen LogP contribution in [0.25, 0.3) is 16.8 Å². The van der Waals surface area contributed by atoms with Gasteiger partial charge in [0.25, 0.3) is 0 Å². The summed E-state index contributed by atoms with van der Waals surface area (Å²) in [6.45, 7) is 0. The minimum absolute atomic E-state index is 0.859. The Bertz CT molecular complexity index is 675. The minimum atomic E-state index is 0.859. The summed E-state index contributed by atoms with van der Waals surface area (Å²) in [6, 6.07) is 16.3. The Kier molecular flexibility index (Phi) is 3.02. The third-order valence-electron chi connectivity index (χ3n) is 3.07. The number of rotatable bonds is 3. The van der Waals surface area contributed by atoms with E-state index in [0.29, 0.717) is 0 Å². The zero-order chi connectivity index (χ0) is 13.1. The smallest absolute Gasteiger partial charge is 0.119 e. The highest BCUT2D eigenvalue weighted by Gasteiger charge is 2.06. The maximum Gasteiger partial charge on any atom is 0.119 e. The molecule has 3 aromatic rings. The van der Waals surface area contributed by atoms with Gasteiger partial charge in [-0.3, -0.25) is 0 Å². The Hall–Kier alpha value is -2.55. The number of hydrogen-bond donors (Lipinski definition) is 0. The molecule has 3 nitrogen and oxygen atoms in total. The van der Waals surface area contributed by atoms with Gasteiger partial charge in [-0.2, -0.15) is 0 Å². The fourth-order valence-corrected chi connectivity index (χ4v) is 2.14. The van der Waals surface area contributed by atoms with E-state index in [0.717, 1.165) is 22.6 Å². The Balaban J connectivity index is 2.15. The highest BCUT2D eigenvalue weighted by Crippen LogP contribution is 2.28. The summed E-state index contributed by atoms with van der Waals surface area (Å²) in [6.07, 6.45) is 5.53. The van der Waals surface area contributed by atoms with Crippen LogP contribution in [0.2, 0.25) is 0 Å². The van der Waals surface area contributed by atoms with Gasteiger partial charge in [0.1, 0.15) is 5.75 Å². The van der Waals surface area contributed by atoms with Gasteiger partial charge in [0, 0.05) is 18.0 Å². The molecule has 0 radical (unpaired) electrons. The molecule has 94 valence electrons. The van der Waals surface area contributed by atoms with Crippen LogP contribution in [0, 0.1) is 0 Å². The largest absolute Gasteiger partial charge is 0.497 e. The van der Waals surface area contributed by atoms with Crippen LogP contribution in [-0.4, -0.2) is 16.7 Å². The highest BCUT2D eigenvalue weighted by molar-refractivity contribution is 5.73. The van der Waals surface area contributed by atoms with Gasteiger partial charge in [0.2, 0.25) is 0 Å². The normalized spacial score (nSPS) is 10.4. The Morgan fingerprint density at radius 3 is 2.74 bits per heavy atom. The predicted octanol–water partition coefficient (Wildman–Crippen LogP) is 3.55. The van der Waals surface area contributed by atoms with Gasteiger partial charge >= 0.3 is 0 Å². The number of aromatic nitrogens is 2. The van der Waals surface area contributed by atoms with E-state index in [2.05, 4.69) is 23.2 Å². The highest BCUT2D eigenvalue weighted by atomic mass is 16.5. The molecular weight excluding hydrogens is 236 g/mol. The summed E-state index contributed by atoms with van der Waals surface area (Å²) in [5, 5.41) is 0.